The van der Waals surface area contributed by atoms with E-state index in [4.69, 9.17) is 10.2 Å². The van der Waals surface area contributed by atoms with Crippen LogP contribution in [-0.2, 0) is 4.79 Å². The first-order chi connectivity index (χ1) is 19.3. The molecular formula is C33H38N6O. The van der Waals surface area contributed by atoms with Crippen molar-refractivity contribution < 1.29 is 4.79 Å². The van der Waals surface area contributed by atoms with Gasteiger partial charge < -0.3 is 5.32 Å². The number of hydrogen-bond donors (Lipinski definition) is 1. The van der Waals surface area contributed by atoms with Crippen LogP contribution in [0.25, 0.3) is 16.8 Å². The second-order valence-electron chi connectivity index (χ2n) is 12.9. The molecule has 0 atom stereocenters. The van der Waals surface area contributed by atoms with E-state index in [2.05, 4.69) is 40.8 Å². The standard InChI is InChI=1S/C33H38N6O/c1-33(2,3)32(40)16-21-7-9-23(10-8-21)28-18-30(38-37-28)27-13-11-24(17-29(27)36-25-5-4-6-25)31-14-12-26-15-22(19-34)20-35-39(26)31/h11-15,17,20-21,23,25,36H,4-10,16,18H2,1-3H3. The van der Waals surface area contributed by atoms with Crippen molar-refractivity contribution >= 4 is 28.4 Å². The van der Waals surface area contributed by atoms with Gasteiger partial charge in [-0.05, 0) is 81.0 Å². The van der Waals surface area contributed by atoms with Crippen molar-refractivity contribution in [2.24, 2.45) is 27.5 Å². The third-order valence-corrected chi connectivity index (χ3v) is 9.00. The molecule has 3 heterocycles. The Balaban J connectivity index is 1.17. The van der Waals surface area contributed by atoms with E-state index in [0.717, 1.165) is 65.8 Å². The zero-order valence-electron chi connectivity index (χ0n) is 23.8. The van der Waals surface area contributed by atoms with Gasteiger partial charge >= 0.3 is 0 Å². The van der Waals surface area contributed by atoms with E-state index >= 15 is 0 Å². The Hall–Kier alpha value is -3.79. The molecule has 0 radical (unpaired) electrons. The summed E-state index contributed by atoms with van der Waals surface area (Å²) in [4.78, 5) is 12.5. The first-order valence-corrected chi connectivity index (χ1v) is 14.7. The molecule has 0 bridgehead atoms. The Kier molecular flexibility index (Phi) is 7.04. The van der Waals surface area contributed by atoms with E-state index < -0.39 is 0 Å². The summed E-state index contributed by atoms with van der Waals surface area (Å²) in [6.07, 6.45) is 11.1. The molecule has 6 rings (SSSR count). The first kappa shape index (κ1) is 26.4. The van der Waals surface area contributed by atoms with Crippen molar-refractivity contribution in [3.8, 4) is 17.3 Å². The molecular weight excluding hydrogens is 496 g/mol. The van der Waals surface area contributed by atoms with Gasteiger partial charge in [-0.15, -0.1) is 0 Å². The minimum Gasteiger partial charge on any atom is -0.382 e. The van der Waals surface area contributed by atoms with Crippen molar-refractivity contribution in [1.29, 1.82) is 5.26 Å². The van der Waals surface area contributed by atoms with Crippen molar-refractivity contribution in [3.05, 3.63) is 53.7 Å². The van der Waals surface area contributed by atoms with Crippen LogP contribution in [0.1, 0.15) is 89.7 Å². The fraction of sp³-hybridized carbons (Fsp3) is 0.485. The Morgan fingerprint density at radius 3 is 2.55 bits per heavy atom. The van der Waals surface area contributed by atoms with E-state index in [1.807, 2.05) is 37.4 Å². The molecule has 3 aliphatic rings. The number of anilines is 1. The van der Waals surface area contributed by atoms with Gasteiger partial charge in [0.1, 0.15) is 11.9 Å². The number of benzene rings is 1. The number of nitriles is 1. The Morgan fingerprint density at radius 1 is 1.05 bits per heavy atom. The molecule has 2 saturated carbocycles. The third-order valence-electron chi connectivity index (χ3n) is 9.00. The summed E-state index contributed by atoms with van der Waals surface area (Å²) in [7, 11) is 0. The maximum absolute atomic E-state index is 12.5. The maximum atomic E-state index is 12.5. The molecule has 3 aromatic rings. The number of aromatic nitrogens is 2. The number of carbonyl (C=O) groups excluding carboxylic acids is 1. The van der Waals surface area contributed by atoms with Gasteiger partial charge in [0.25, 0.3) is 0 Å². The predicted octanol–water partition coefficient (Wildman–Crippen LogP) is 7.20. The highest BCUT2D eigenvalue weighted by atomic mass is 16.1. The van der Waals surface area contributed by atoms with Gasteiger partial charge in [-0.1, -0.05) is 32.9 Å². The number of Topliss-reactive ketones (excluding diaryl/α,β-unsaturated/α-hetero) is 1. The van der Waals surface area contributed by atoms with Gasteiger partial charge in [0, 0.05) is 46.8 Å². The summed E-state index contributed by atoms with van der Waals surface area (Å²) in [5.41, 5.74) is 7.74. The number of nitrogens with zero attached hydrogens (tertiary/aromatic N) is 5. The number of nitrogens with one attached hydrogen (secondary N) is 1. The highest BCUT2D eigenvalue weighted by Gasteiger charge is 2.32. The highest BCUT2D eigenvalue weighted by Crippen LogP contribution is 2.37. The van der Waals surface area contributed by atoms with E-state index in [1.165, 1.54) is 25.0 Å². The summed E-state index contributed by atoms with van der Waals surface area (Å²) in [5.74, 6) is 1.34. The van der Waals surface area contributed by atoms with Gasteiger partial charge in [-0.25, -0.2) is 4.52 Å². The summed E-state index contributed by atoms with van der Waals surface area (Å²) >= 11 is 0. The van der Waals surface area contributed by atoms with E-state index in [-0.39, 0.29) is 5.41 Å². The topological polar surface area (TPSA) is 94.9 Å². The second-order valence-corrected chi connectivity index (χ2v) is 12.9. The molecule has 40 heavy (non-hydrogen) atoms. The fourth-order valence-electron chi connectivity index (χ4n) is 6.14. The van der Waals surface area contributed by atoms with Crippen LogP contribution in [0, 0.1) is 28.6 Å². The molecule has 2 aromatic heterocycles. The Morgan fingerprint density at radius 2 is 1.85 bits per heavy atom. The fourth-order valence-corrected chi connectivity index (χ4v) is 6.14. The van der Waals surface area contributed by atoms with Gasteiger partial charge in [0.15, 0.2) is 0 Å². The zero-order valence-corrected chi connectivity index (χ0v) is 23.8. The van der Waals surface area contributed by atoms with Crippen LogP contribution in [0.4, 0.5) is 5.69 Å². The van der Waals surface area contributed by atoms with E-state index in [9.17, 15) is 10.1 Å². The minimum atomic E-state index is -0.248. The Labute approximate surface area is 236 Å². The molecule has 1 N–H and O–H groups in total. The molecule has 7 heteroatoms. The molecule has 206 valence electrons. The molecule has 1 aliphatic heterocycles. The summed E-state index contributed by atoms with van der Waals surface area (Å²) in [6.45, 7) is 6.07. The zero-order chi connectivity index (χ0) is 27.9. The van der Waals surface area contributed by atoms with Crippen LogP contribution in [0.15, 0.2) is 52.8 Å². The smallest absolute Gasteiger partial charge is 0.138 e. The number of hydrogen-bond acceptors (Lipinski definition) is 6. The number of ketones is 1. The average molecular weight is 535 g/mol. The summed E-state index contributed by atoms with van der Waals surface area (Å²) in [5, 5.41) is 26.9. The maximum Gasteiger partial charge on any atom is 0.138 e. The van der Waals surface area contributed by atoms with Gasteiger partial charge in [0.2, 0.25) is 0 Å². The van der Waals surface area contributed by atoms with Crippen LogP contribution >= 0.6 is 0 Å². The quantitative estimate of drug-likeness (QED) is 0.347. The lowest BCUT2D eigenvalue weighted by Gasteiger charge is -2.30. The normalized spacial score (nSPS) is 21.4. The van der Waals surface area contributed by atoms with Gasteiger partial charge in [-0.3, -0.25) is 4.79 Å². The predicted molar refractivity (Wildman–Crippen MR) is 160 cm³/mol. The van der Waals surface area contributed by atoms with Gasteiger partial charge in [0.05, 0.1) is 28.7 Å². The first-order valence-electron chi connectivity index (χ1n) is 14.7. The van der Waals surface area contributed by atoms with Crippen molar-refractivity contribution in [1.82, 2.24) is 9.61 Å². The Bertz CT molecular complexity index is 1540. The third kappa shape index (κ3) is 5.32. The lowest BCUT2D eigenvalue weighted by atomic mass is 9.74. The summed E-state index contributed by atoms with van der Waals surface area (Å²) in [6, 6.07) is 15.1. The van der Waals surface area contributed by atoms with Gasteiger partial charge in [-0.2, -0.15) is 20.6 Å². The number of rotatable bonds is 7. The summed E-state index contributed by atoms with van der Waals surface area (Å²) < 4.78 is 1.89. The van der Waals surface area contributed by atoms with Crippen molar-refractivity contribution in [2.45, 2.75) is 84.6 Å². The molecule has 0 saturated heterocycles. The average Bonchev–Trinajstić information content (AvgIpc) is 3.58. The second kappa shape index (κ2) is 10.6. The van der Waals surface area contributed by atoms with Crippen LogP contribution < -0.4 is 5.32 Å². The lowest BCUT2D eigenvalue weighted by Crippen LogP contribution is -2.28. The molecule has 0 unspecified atom stereocenters. The SMILES string of the molecule is CC(C)(C)C(=O)CC1CCC(C2=NN=C(c3ccc(-c4ccc5cc(C#N)cnn45)cc3NC3CCC3)C2)CC1. The lowest BCUT2D eigenvalue weighted by molar-refractivity contribution is -0.127. The molecule has 2 aliphatic carbocycles. The molecule has 1 aromatic carbocycles. The van der Waals surface area contributed by atoms with E-state index in [0.29, 0.717) is 35.6 Å². The van der Waals surface area contributed by atoms with Crippen molar-refractivity contribution in [2.75, 3.05) is 5.32 Å². The van der Waals surface area contributed by atoms with Crippen LogP contribution in [0.5, 0.6) is 0 Å². The van der Waals surface area contributed by atoms with Crippen LogP contribution in [0.2, 0.25) is 0 Å². The molecule has 0 amide bonds. The highest BCUT2D eigenvalue weighted by molar-refractivity contribution is 6.18. The molecule has 2 fully saturated rings. The molecule has 7 nitrogen and oxygen atoms in total. The minimum absolute atomic E-state index is 0.248. The molecule has 0 spiro atoms. The van der Waals surface area contributed by atoms with Crippen LogP contribution in [-0.4, -0.2) is 32.9 Å². The number of fused-ring (bicyclic) bond motifs is 1. The van der Waals surface area contributed by atoms with E-state index in [1.54, 1.807) is 6.20 Å². The monoisotopic (exact) mass is 534 g/mol. The van der Waals surface area contributed by atoms with Crippen LogP contribution in [0.3, 0.4) is 0 Å². The van der Waals surface area contributed by atoms with Crippen molar-refractivity contribution in [3.63, 3.8) is 0 Å². The largest absolute Gasteiger partial charge is 0.382 e. The number of carbonyl (C=O) groups is 1.